The van der Waals surface area contributed by atoms with Gasteiger partial charge >= 0.3 is 0 Å². The van der Waals surface area contributed by atoms with Gasteiger partial charge in [0.15, 0.2) is 0 Å². The van der Waals surface area contributed by atoms with E-state index >= 15 is 0 Å². The second-order valence-corrected chi connectivity index (χ2v) is 25.4. The van der Waals surface area contributed by atoms with Gasteiger partial charge < -0.3 is 38.4 Å². The lowest BCUT2D eigenvalue weighted by Crippen LogP contribution is -2.04. The summed E-state index contributed by atoms with van der Waals surface area (Å²) in [5.74, 6) is 5.61. The monoisotopic (exact) mass is 1280 g/mol. The Kier molecular flexibility index (Phi) is 17.0. The third-order valence-electron chi connectivity index (χ3n) is 18.3. The highest BCUT2D eigenvalue weighted by molar-refractivity contribution is 5.92. The lowest BCUT2D eigenvalue weighted by Gasteiger charge is -2.11. The molecule has 0 fully saturated rings. The number of nitrogens with zero attached hydrogens (tertiary/aromatic N) is 10. The molecule has 0 saturated carbocycles. The number of aromatic nitrogens is 12. The number of fused-ring (bicyclic) bond motifs is 6. The molecule has 14 heteroatoms. The minimum absolute atomic E-state index is 0.0417. The van der Waals surface area contributed by atoms with Crippen LogP contribution in [0.2, 0.25) is 0 Å². The lowest BCUT2D eigenvalue weighted by molar-refractivity contribution is 0.276. The van der Waals surface area contributed by atoms with Gasteiger partial charge in [-0.25, -0.2) is 29.9 Å². The van der Waals surface area contributed by atoms with Crippen molar-refractivity contribution in [3.05, 3.63) is 288 Å². The van der Waals surface area contributed by atoms with Crippen LogP contribution < -0.4 is 0 Å². The minimum Gasteiger partial charge on any atom is -0.395 e. The summed E-state index contributed by atoms with van der Waals surface area (Å²) in [5.41, 5.74) is 28.5. The number of aryl methyl sites for hydroxylation is 6. The summed E-state index contributed by atoms with van der Waals surface area (Å²) in [5, 5.41) is 19.2. The van der Waals surface area contributed by atoms with Crippen LogP contribution in [0, 0.1) is 41.5 Å². The molecular weight excluding hydrogens is 1210 g/mol. The van der Waals surface area contributed by atoms with Gasteiger partial charge in [-0.3, -0.25) is 0 Å². The van der Waals surface area contributed by atoms with E-state index in [0.717, 1.165) is 153 Å². The maximum atomic E-state index is 9.73. The molecule has 0 unspecified atom stereocenters. The van der Waals surface area contributed by atoms with E-state index in [1.807, 2.05) is 36.6 Å². The number of nitrogens with one attached hydrogen (secondary N) is 2. The van der Waals surface area contributed by atoms with E-state index in [2.05, 4.69) is 286 Å². The molecule has 0 aliphatic rings. The summed E-state index contributed by atoms with van der Waals surface area (Å²) in [6.07, 6.45) is 0. The molecule has 0 aliphatic heterocycles. The van der Waals surface area contributed by atoms with Crippen LogP contribution in [-0.4, -0.2) is 81.6 Å². The van der Waals surface area contributed by atoms with Crippen LogP contribution in [0.1, 0.15) is 45.3 Å². The van der Waals surface area contributed by atoms with Crippen molar-refractivity contribution in [2.75, 3.05) is 13.2 Å². The van der Waals surface area contributed by atoms with Gasteiger partial charge in [-0.2, -0.15) is 0 Å². The predicted molar refractivity (Wildman–Crippen MR) is 398 cm³/mol. The minimum atomic E-state index is 0.0417. The molecule has 0 bridgehead atoms. The van der Waals surface area contributed by atoms with Crippen molar-refractivity contribution in [2.24, 2.45) is 0 Å². The maximum absolute atomic E-state index is 9.73. The molecular formula is C84H74N12O2. The Balaban J connectivity index is 0.000000123. The van der Waals surface area contributed by atoms with Gasteiger partial charge in [0.25, 0.3) is 0 Å². The van der Waals surface area contributed by atoms with Crippen molar-refractivity contribution in [2.45, 2.75) is 67.7 Å². The maximum Gasteiger partial charge on any atom is 0.141 e. The highest BCUT2D eigenvalue weighted by atomic mass is 16.3. The summed E-state index contributed by atoms with van der Waals surface area (Å²) in [4.78, 5) is 35.4. The van der Waals surface area contributed by atoms with Crippen molar-refractivity contribution in [1.82, 2.24) is 58.1 Å². The third kappa shape index (κ3) is 12.7. The quantitative estimate of drug-likeness (QED) is 0.0834. The number of imidazole rings is 6. The van der Waals surface area contributed by atoms with Crippen molar-refractivity contribution < 1.29 is 10.2 Å². The average Bonchev–Trinajstić information content (AvgIpc) is 1.67. The van der Waals surface area contributed by atoms with Crippen LogP contribution in [0.3, 0.4) is 0 Å². The highest BCUT2D eigenvalue weighted by Crippen LogP contribution is 2.35. The zero-order valence-electron chi connectivity index (χ0n) is 55.7. The SMILES string of the molecule is Cc1cccc(-c2nc3ccc(-c4ccc5nc(C)[nH]c5c4)cc3[nH]2)c1.Cc1cccc(-c2nc3ccc(-c4ccc5nc(C)n(CCO)c5c4)cc3n2CCO)c1.Cc1cccc(-c2nc3ccc(-c4ccc5nc(C)n(Cc6ccccc6)c5c4)cc3n2Cc2ccccc2)c1. The molecule has 4 N–H and O–H groups in total. The Morgan fingerprint density at radius 3 is 1.17 bits per heavy atom. The standard InChI is InChI=1S/C36H30N4.C26H26N4O2.C22H18N4/c1-25-10-9-15-31(20-25)36-38-33-19-17-30(22-35(33)40(36)24-28-13-7-4-8-14-28)29-16-18-32-34(21-29)39(26(2)37-32)23-27-11-5-3-6-12-27;1-17-4-3-5-21(14-17)26-28-23-9-7-20(16-25(23)30(26)11-13-32)19-6-8-22-24(15-19)29(10-12-31)18(2)27-22;1-13-4-3-5-17(10-13)22-25-19-9-7-16(12-21(19)26-22)15-6-8-18-20(11-15)24-14(2)23-18/h3-22H,23-24H2,1-2H3;3-9,14-16,31-32H,10-13H2,1-2H3;3-12H,1-2H3,(H,23,24)(H,25,26). The number of H-pyrrole nitrogens is 2. The number of aliphatic hydroxyl groups is 2. The summed E-state index contributed by atoms with van der Waals surface area (Å²) >= 11 is 0. The van der Waals surface area contributed by atoms with Crippen molar-refractivity contribution in [3.63, 3.8) is 0 Å². The van der Waals surface area contributed by atoms with E-state index in [4.69, 9.17) is 19.9 Å². The second kappa shape index (κ2) is 26.8. The predicted octanol–water partition coefficient (Wildman–Crippen LogP) is 18.1. The molecule has 17 aromatic rings. The Morgan fingerprint density at radius 1 is 0.296 bits per heavy atom. The molecule has 0 radical (unpaired) electrons. The van der Waals surface area contributed by atoms with E-state index in [-0.39, 0.29) is 13.2 Å². The van der Waals surface area contributed by atoms with Gasteiger partial charge in [0.2, 0.25) is 0 Å². The molecule has 17 rings (SSSR count). The average molecular weight is 1280 g/mol. The van der Waals surface area contributed by atoms with Gasteiger partial charge in [-0.1, -0.05) is 168 Å². The molecule has 6 aromatic heterocycles. The fourth-order valence-corrected chi connectivity index (χ4v) is 13.5. The molecule has 0 saturated heterocycles. The van der Waals surface area contributed by atoms with E-state index in [9.17, 15) is 10.2 Å². The molecule has 6 heterocycles. The Labute approximate surface area is 567 Å². The van der Waals surface area contributed by atoms with Crippen molar-refractivity contribution in [3.8, 4) is 67.5 Å². The molecule has 14 nitrogen and oxygen atoms in total. The Bertz CT molecular complexity index is 5770. The van der Waals surface area contributed by atoms with Crippen LogP contribution in [-0.2, 0) is 26.2 Å². The smallest absolute Gasteiger partial charge is 0.141 e. The van der Waals surface area contributed by atoms with Gasteiger partial charge in [0, 0.05) is 42.9 Å². The lowest BCUT2D eigenvalue weighted by atomic mass is 10.0. The Morgan fingerprint density at radius 2 is 0.673 bits per heavy atom. The number of rotatable bonds is 14. The van der Waals surface area contributed by atoms with Gasteiger partial charge in [-0.15, -0.1) is 0 Å². The first kappa shape index (κ1) is 62.3. The normalized spacial score (nSPS) is 11.5. The fourth-order valence-electron chi connectivity index (χ4n) is 13.5. The number of aromatic amines is 2. The van der Waals surface area contributed by atoms with Gasteiger partial charge in [0.05, 0.1) is 79.4 Å². The largest absolute Gasteiger partial charge is 0.395 e. The summed E-state index contributed by atoms with van der Waals surface area (Å²) in [6, 6.07) is 84.9. The first-order valence-electron chi connectivity index (χ1n) is 33.3. The Hall–Kier alpha value is -11.8. The number of hydrogen-bond acceptors (Lipinski definition) is 8. The van der Waals surface area contributed by atoms with E-state index < -0.39 is 0 Å². The van der Waals surface area contributed by atoms with Gasteiger partial charge in [-0.05, 0) is 177 Å². The zero-order valence-corrected chi connectivity index (χ0v) is 55.7. The summed E-state index contributed by atoms with van der Waals surface area (Å²) in [7, 11) is 0. The van der Waals surface area contributed by atoms with E-state index in [1.165, 1.54) is 38.9 Å². The summed E-state index contributed by atoms with van der Waals surface area (Å²) < 4.78 is 8.79. The molecule has 0 atom stereocenters. The van der Waals surface area contributed by atoms with Crippen LogP contribution in [0.25, 0.3) is 134 Å². The molecule has 0 amide bonds. The number of benzene rings is 11. The third-order valence-corrected chi connectivity index (χ3v) is 18.3. The molecule has 0 spiro atoms. The van der Waals surface area contributed by atoms with Crippen LogP contribution in [0.15, 0.2) is 243 Å². The second-order valence-electron chi connectivity index (χ2n) is 25.4. The number of aliphatic hydroxyl groups excluding tert-OH is 2. The first-order valence-corrected chi connectivity index (χ1v) is 33.3. The van der Waals surface area contributed by atoms with Crippen LogP contribution in [0.4, 0.5) is 0 Å². The topological polar surface area (TPSA) is 169 Å². The van der Waals surface area contributed by atoms with Crippen LogP contribution in [0.5, 0.6) is 0 Å². The van der Waals surface area contributed by atoms with E-state index in [0.29, 0.717) is 13.1 Å². The van der Waals surface area contributed by atoms with Gasteiger partial charge in [0.1, 0.15) is 34.9 Å². The van der Waals surface area contributed by atoms with E-state index in [1.54, 1.807) is 0 Å². The highest BCUT2D eigenvalue weighted by Gasteiger charge is 2.19. The first-order chi connectivity index (χ1) is 47.9. The zero-order chi connectivity index (χ0) is 67.0. The summed E-state index contributed by atoms with van der Waals surface area (Å²) in [6.45, 7) is 15.0. The van der Waals surface area contributed by atoms with Crippen molar-refractivity contribution in [1.29, 1.82) is 0 Å². The molecule has 0 aliphatic carbocycles. The van der Waals surface area contributed by atoms with Crippen molar-refractivity contribution >= 4 is 66.2 Å². The molecule has 482 valence electrons. The molecule has 98 heavy (non-hydrogen) atoms. The molecule has 11 aromatic carbocycles. The number of hydrogen-bond donors (Lipinski definition) is 4. The van der Waals surface area contributed by atoms with Crippen LogP contribution >= 0.6 is 0 Å². The fraction of sp³-hybridized carbons (Fsp3) is 0.143.